The van der Waals surface area contributed by atoms with Crippen molar-refractivity contribution < 1.29 is 22.0 Å². The fraction of sp³-hybridized carbons (Fsp3) is 0.111. The zero-order chi connectivity index (χ0) is 10.8. The molecular formula is C9H5F5. The molecule has 0 saturated carbocycles. The predicted molar refractivity (Wildman–Crippen MR) is 41.6 cm³/mol. The maximum Gasteiger partial charge on any atom is 0.416 e. The molecule has 0 aliphatic carbocycles. The molecule has 0 atom stereocenters. The first-order valence-corrected chi connectivity index (χ1v) is 3.58. The van der Waals surface area contributed by atoms with Crippen molar-refractivity contribution in [2.45, 2.75) is 6.18 Å². The first-order chi connectivity index (χ1) is 6.45. The van der Waals surface area contributed by atoms with Crippen LogP contribution in [0.25, 0.3) is 5.83 Å². The third-order valence-electron chi connectivity index (χ3n) is 1.56. The van der Waals surface area contributed by atoms with Crippen molar-refractivity contribution in [1.82, 2.24) is 0 Å². The van der Waals surface area contributed by atoms with Crippen LogP contribution in [0.1, 0.15) is 11.1 Å². The third kappa shape index (κ3) is 2.31. The van der Waals surface area contributed by atoms with Gasteiger partial charge in [-0.05, 0) is 12.1 Å². The van der Waals surface area contributed by atoms with Crippen LogP contribution < -0.4 is 0 Å². The van der Waals surface area contributed by atoms with E-state index in [1.165, 1.54) is 0 Å². The maximum atomic E-state index is 12.6. The molecule has 1 aromatic carbocycles. The summed E-state index contributed by atoms with van der Waals surface area (Å²) in [5.74, 6) is -1.32. The van der Waals surface area contributed by atoms with E-state index in [0.717, 1.165) is 18.2 Å². The van der Waals surface area contributed by atoms with E-state index in [2.05, 4.69) is 0 Å². The van der Waals surface area contributed by atoms with Crippen molar-refractivity contribution in [1.29, 1.82) is 0 Å². The summed E-state index contributed by atoms with van der Waals surface area (Å²) < 4.78 is 60.5. The third-order valence-corrected chi connectivity index (χ3v) is 1.56. The lowest BCUT2D eigenvalue weighted by Crippen LogP contribution is -2.04. The Kier molecular flexibility index (Phi) is 2.88. The summed E-state index contributed by atoms with van der Waals surface area (Å²) in [6.45, 7) is 0. The number of rotatable bonds is 1. The number of hydrogen-bond donors (Lipinski definition) is 0. The van der Waals surface area contributed by atoms with Gasteiger partial charge in [0, 0.05) is 5.56 Å². The highest BCUT2D eigenvalue weighted by molar-refractivity contribution is 5.58. The van der Waals surface area contributed by atoms with Crippen LogP contribution in [0.2, 0.25) is 0 Å². The largest absolute Gasteiger partial charge is 0.416 e. The van der Waals surface area contributed by atoms with Crippen LogP contribution in [0.15, 0.2) is 30.6 Å². The van der Waals surface area contributed by atoms with Gasteiger partial charge in [0.2, 0.25) is 0 Å². The van der Waals surface area contributed by atoms with Gasteiger partial charge >= 0.3 is 6.18 Å². The van der Waals surface area contributed by atoms with E-state index in [-0.39, 0.29) is 6.33 Å². The molecule has 0 aliphatic rings. The minimum Gasteiger partial charge on any atom is -0.212 e. The van der Waals surface area contributed by atoms with E-state index < -0.39 is 23.1 Å². The Morgan fingerprint density at radius 2 is 1.86 bits per heavy atom. The van der Waals surface area contributed by atoms with Gasteiger partial charge in [0.25, 0.3) is 0 Å². The van der Waals surface area contributed by atoms with Gasteiger partial charge < -0.3 is 0 Å². The Hall–Kier alpha value is -1.39. The highest BCUT2D eigenvalue weighted by Gasteiger charge is 2.30. The molecule has 0 amide bonds. The SMILES string of the molecule is FC=C(F)c1cccc(C(F)(F)F)c1. The summed E-state index contributed by atoms with van der Waals surface area (Å²) in [5, 5.41) is 0. The molecule has 0 nitrogen and oxygen atoms in total. The van der Waals surface area contributed by atoms with Gasteiger partial charge in [-0.3, -0.25) is 0 Å². The molecule has 1 aromatic rings. The molecular weight excluding hydrogens is 203 g/mol. The van der Waals surface area contributed by atoms with Crippen LogP contribution in [0.3, 0.4) is 0 Å². The molecule has 0 fully saturated rings. The van der Waals surface area contributed by atoms with Crippen molar-refractivity contribution in [2.24, 2.45) is 0 Å². The second-order valence-electron chi connectivity index (χ2n) is 2.54. The number of hydrogen-bond acceptors (Lipinski definition) is 0. The van der Waals surface area contributed by atoms with Gasteiger partial charge in [-0.15, -0.1) is 0 Å². The summed E-state index contributed by atoms with van der Waals surface area (Å²) in [4.78, 5) is 0. The number of halogens is 5. The lowest BCUT2D eigenvalue weighted by atomic mass is 10.1. The number of benzene rings is 1. The fourth-order valence-electron chi connectivity index (χ4n) is 0.907. The van der Waals surface area contributed by atoms with Crippen molar-refractivity contribution in [3.63, 3.8) is 0 Å². The van der Waals surface area contributed by atoms with E-state index in [0.29, 0.717) is 6.07 Å². The predicted octanol–water partition coefficient (Wildman–Crippen LogP) is 3.94. The molecule has 5 heteroatoms. The molecule has 14 heavy (non-hydrogen) atoms. The van der Waals surface area contributed by atoms with Crippen molar-refractivity contribution >= 4 is 5.83 Å². The summed E-state index contributed by atoms with van der Waals surface area (Å²) >= 11 is 0. The lowest BCUT2D eigenvalue weighted by Gasteiger charge is -2.06. The molecule has 76 valence electrons. The second-order valence-corrected chi connectivity index (χ2v) is 2.54. The summed E-state index contributed by atoms with van der Waals surface area (Å²) in [7, 11) is 0. The summed E-state index contributed by atoms with van der Waals surface area (Å²) in [6, 6.07) is 3.41. The van der Waals surface area contributed by atoms with Gasteiger partial charge in [0.1, 0.15) is 6.33 Å². The topological polar surface area (TPSA) is 0 Å². The average Bonchev–Trinajstić information content (AvgIpc) is 2.15. The van der Waals surface area contributed by atoms with Crippen LogP contribution in [0.5, 0.6) is 0 Å². The van der Waals surface area contributed by atoms with Gasteiger partial charge in [0.15, 0.2) is 5.83 Å². The van der Waals surface area contributed by atoms with Gasteiger partial charge in [-0.1, -0.05) is 12.1 Å². The van der Waals surface area contributed by atoms with Crippen molar-refractivity contribution in [2.75, 3.05) is 0 Å². The van der Waals surface area contributed by atoms with Gasteiger partial charge in [0.05, 0.1) is 5.56 Å². The summed E-state index contributed by atoms with van der Waals surface area (Å²) in [5.41, 5.74) is -1.44. The molecule has 0 aliphatic heterocycles. The molecule has 0 N–H and O–H groups in total. The van der Waals surface area contributed by atoms with Crippen LogP contribution >= 0.6 is 0 Å². The minimum absolute atomic E-state index is 0.379. The highest BCUT2D eigenvalue weighted by Crippen LogP contribution is 2.31. The Balaban J connectivity index is 3.14. The zero-order valence-electron chi connectivity index (χ0n) is 6.78. The van der Waals surface area contributed by atoms with Gasteiger partial charge in [-0.2, -0.15) is 13.2 Å². The Morgan fingerprint density at radius 1 is 1.21 bits per heavy atom. The Morgan fingerprint density at radius 3 is 2.36 bits per heavy atom. The molecule has 1 rings (SSSR count). The van der Waals surface area contributed by atoms with E-state index >= 15 is 0 Å². The smallest absolute Gasteiger partial charge is 0.212 e. The Labute approximate surface area is 76.7 Å². The first-order valence-electron chi connectivity index (χ1n) is 3.58. The molecule has 0 spiro atoms. The first kappa shape index (κ1) is 10.7. The van der Waals surface area contributed by atoms with Crippen LogP contribution in [0.4, 0.5) is 22.0 Å². The molecule has 0 saturated heterocycles. The molecule has 0 radical (unpaired) electrons. The maximum absolute atomic E-state index is 12.6. The number of alkyl halides is 3. The quantitative estimate of drug-likeness (QED) is 0.613. The summed E-state index contributed by atoms with van der Waals surface area (Å²) in [6.07, 6.45) is -4.93. The van der Waals surface area contributed by atoms with Crippen molar-refractivity contribution in [3.05, 3.63) is 41.7 Å². The molecule has 0 unspecified atom stereocenters. The van der Waals surface area contributed by atoms with Crippen LogP contribution in [-0.2, 0) is 6.18 Å². The molecule has 0 heterocycles. The standard InChI is InChI=1S/C9H5F5/c10-5-8(11)6-2-1-3-7(4-6)9(12,13)14/h1-5H. The van der Waals surface area contributed by atoms with Crippen LogP contribution in [0, 0.1) is 0 Å². The zero-order valence-corrected chi connectivity index (χ0v) is 6.78. The van der Waals surface area contributed by atoms with E-state index in [1.54, 1.807) is 0 Å². The van der Waals surface area contributed by atoms with E-state index in [9.17, 15) is 22.0 Å². The molecule has 0 aromatic heterocycles. The van der Waals surface area contributed by atoms with Crippen molar-refractivity contribution in [3.8, 4) is 0 Å². The van der Waals surface area contributed by atoms with Crippen LogP contribution in [-0.4, -0.2) is 0 Å². The monoisotopic (exact) mass is 208 g/mol. The van der Waals surface area contributed by atoms with E-state index in [1.807, 2.05) is 0 Å². The average molecular weight is 208 g/mol. The lowest BCUT2D eigenvalue weighted by molar-refractivity contribution is -0.137. The normalized spacial score (nSPS) is 13.1. The second kappa shape index (κ2) is 3.77. The fourth-order valence-corrected chi connectivity index (χ4v) is 0.907. The highest BCUT2D eigenvalue weighted by atomic mass is 19.4. The molecule has 0 bridgehead atoms. The van der Waals surface area contributed by atoms with Gasteiger partial charge in [-0.25, -0.2) is 8.78 Å². The van der Waals surface area contributed by atoms with E-state index in [4.69, 9.17) is 0 Å². The minimum atomic E-state index is -4.55. The Bertz CT molecular complexity index is 350.